The lowest BCUT2D eigenvalue weighted by Gasteiger charge is -2.36. The van der Waals surface area contributed by atoms with Gasteiger partial charge in [-0.05, 0) is 87.7 Å². The second-order valence-electron chi connectivity index (χ2n) is 12.5. The summed E-state index contributed by atoms with van der Waals surface area (Å²) in [5, 5.41) is 0.798. The van der Waals surface area contributed by atoms with Gasteiger partial charge in [0.15, 0.2) is 0 Å². The van der Waals surface area contributed by atoms with Gasteiger partial charge in [-0.3, -0.25) is 9.47 Å². The SMILES string of the molecule is CN(C)CCCN1c2ccccc2Sc2ccc(Cl)cc21.O=c1[nH]c2ccccc2n1CCN1CCN(c2cccc(C(F)(F)F)c2)CC1. The van der Waals surface area contributed by atoms with E-state index in [1.807, 2.05) is 47.0 Å². The van der Waals surface area contributed by atoms with Crippen molar-refractivity contribution in [2.75, 3.05) is 69.7 Å². The van der Waals surface area contributed by atoms with E-state index < -0.39 is 11.7 Å². The van der Waals surface area contributed by atoms with Crippen LogP contribution >= 0.6 is 23.4 Å². The molecule has 7 nitrogen and oxygen atoms in total. The molecule has 4 aromatic carbocycles. The second-order valence-corrected chi connectivity index (χ2v) is 14.0. The highest BCUT2D eigenvalue weighted by Gasteiger charge is 2.31. The molecule has 0 amide bonds. The first kappa shape index (κ1) is 34.9. The van der Waals surface area contributed by atoms with Gasteiger partial charge in [-0.1, -0.05) is 53.7 Å². The smallest absolute Gasteiger partial charge is 0.369 e. The van der Waals surface area contributed by atoms with Gasteiger partial charge in [0.2, 0.25) is 0 Å². The number of imidazole rings is 1. The van der Waals surface area contributed by atoms with Gasteiger partial charge in [0.25, 0.3) is 0 Å². The summed E-state index contributed by atoms with van der Waals surface area (Å²) in [5.74, 6) is 0. The number of alkyl halides is 3. The van der Waals surface area contributed by atoms with Gasteiger partial charge in [0.05, 0.1) is 28.0 Å². The number of anilines is 3. The Morgan fingerprint density at radius 1 is 0.816 bits per heavy atom. The van der Waals surface area contributed by atoms with Crippen LogP contribution in [0, 0.1) is 0 Å². The van der Waals surface area contributed by atoms with Crippen LogP contribution in [0.15, 0.2) is 106 Å². The molecule has 0 unspecified atom stereocenters. The molecule has 1 fully saturated rings. The van der Waals surface area contributed by atoms with Gasteiger partial charge < -0.3 is 19.7 Å². The quantitative estimate of drug-likeness (QED) is 0.176. The molecular formula is C37H40ClF3N6OS. The van der Waals surface area contributed by atoms with E-state index in [4.69, 9.17) is 11.6 Å². The van der Waals surface area contributed by atoms with Crippen molar-refractivity contribution in [3.05, 3.63) is 112 Å². The number of halogens is 4. The first-order valence-electron chi connectivity index (χ1n) is 16.4. The summed E-state index contributed by atoms with van der Waals surface area (Å²) in [6.45, 7) is 6.18. The van der Waals surface area contributed by atoms with Crippen LogP contribution in [-0.2, 0) is 12.7 Å². The lowest BCUT2D eigenvalue weighted by atomic mass is 10.1. The number of nitrogens with zero attached hydrogens (tertiary/aromatic N) is 5. The zero-order valence-corrected chi connectivity index (χ0v) is 29.2. The van der Waals surface area contributed by atoms with Crippen molar-refractivity contribution in [3.8, 4) is 0 Å². The number of nitrogens with one attached hydrogen (secondary N) is 1. The van der Waals surface area contributed by atoms with Crippen molar-refractivity contribution in [1.29, 1.82) is 0 Å². The molecule has 0 aliphatic carbocycles. The van der Waals surface area contributed by atoms with Crippen LogP contribution in [0.2, 0.25) is 5.02 Å². The van der Waals surface area contributed by atoms with E-state index >= 15 is 0 Å². The average Bonchev–Trinajstić information content (AvgIpc) is 3.42. The van der Waals surface area contributed by atoms with Crippen molar-refractivity contribution in [1.82, 2.24) is 19.4 Å². The maximum Gasteiger partial charge on any atom is 0.416 e. The van der Waals surface area contributed by atoms with E-state index in [1.165, 1.54) is 33.3 Å². The van der Waals surface area contributed by atoms with Gasteiger partial charge in [-0.2, -0.15) is 13.2 Å². The van der Waals surface area contributed by atoms with Gasteiger partial charge in [0, 0.05) is 66.3 Å². The predicted octanol–water partition coefficient (Wildman–Crippen LogP) is 8.07. The highest BCUT2D eigenvalue weighted by Crippen LogP contribution is 2.48. The highest BCUT2D eigenvalue weighted by atomic mass is 35.5. The number of benzene rings is 4. The summed E-state index contributed by atoms with van der Waals surface area (Å²) in [4.78, 5) is 26.4. The lowest BCUT2D eigenvalue weighted by molar-refractivity contribution is -0.137. The van der Waals surface area contributed by atoms with Crippen molar-refractivity contribution < 1.29 is 13.2 Å². The summed E-state index contributed by atoms with van der Waals surface area (Å²) in [5.41, 5.74) is 4.08. The van der Waals surface area contributed by atoms with Crippen molar-refractivity contribution in [3.63, 3.8) is 0 Å². The molecule has 0 saturated carbocycles. The molecule has 258 valence electrons. The number of rotatable bonds is 8. The molecule has 7 rings (SSSR count). The summed E-state index contributed by atoms with van der Waals surface area (Å²) in [6, 6.07) is 27.8. The van der Waals surface area contributed by atoms with Crippen LogP contribution < -0.4 is 15.5 Å². The van der Waals surface area contributed by atoms with E-state index in [1.54, 1.807) is 10.6 Å². The number of para-hydroxylation sites is 3. The predicted molar refractivity (Wildman–Crippen MR) is 195 cm³/mol. The van der Waals surface area contributed by atoms with Crippen molar-refractivity contribution >= 4 is 51.5 Å². The Morgan fingerprint density at radius 3 is 2.33 bits per heavy atom. The van der Waals surface area contributed by atoms with Crippen LogP contribution in [0.5, 0.6) is 0 Å². The minimum Gasteiger partial charge on any atom is -0.369 e. The number of piperazine rings is 1. The van der Waals surface area contributed by atoms with Crippen LogP contribution in [0.1, 0.15) is 12.0 Å². The second kappa shape index (κ2) is 15.3. The lowest BCUT2D eigenvalue weighted by Crippen LogP contribution is -2.47. The molecule has 5 aromatic rings. The zero-order chi connectivity index (χ0) is 34.5. The highest BCUT2D eigenvalue weighted by molar-refractivity contribution is 7.99. The van der Waals surface area contributed by atoms with Gasteiger partial charge >= 0.3 is 11.9 Å². The fraction of sp³-hybridized carbons (Fsp3) is 0.324. The number of hydrogen-bond donors (Lipinski definition) is 1. The first-order chi connectivity index (χ1) is 23.6. The van der Waals surface area contributed by atoms with E-state index in [0.29, 0.717) is 25.3 Å². The third-order valence-corrected chi connectivity index (χ3v) is 10.2. The number of H-pyrrole nitrogens is 1. The summed E-state index contributed by atoms with van der Waals surface area (Å²) >= 11 is 8.03. The normalized spacial score (nSPS) is 14.8. The average molecular weight is 709 g/mol. The van der Waals surface area contributed by atoms with Crippen LogP contribution in [0.3, 0.4) is 0 Å². The number of fused-ring (bicyclic) bond motifs is 3. The Hall–Kier alpha value is -3.90. The Kier molecular flexibility index (Phi) is 10.9. The van der Waals surface area contributed by atoms with Crippen LogP contribution in [0.25, 0.3) is 11.0 Å². The molecule has 0 bridgehead atoms. The Morgan fingerprint density at radius 2 is 1.55 bits per heavy atom. The zero-order valence-electron chi connectivity index (χ0n) is 27.6. The van der Waals surface area contributed by atoms with Crippen molar-refractivity contribution in [2.45, 2.75) is 28.9 Å². The van der Waals surface area contributed by atoms with Gasteiger partial charge in [0.1, 0.15) is 0 Å². The van der Waals surface area contributed by atoms with Gasteiger partial charge in [-0.15, -0.1) is 0 Å². The Balaban J connectivity index is 0.000000177. The molecular weight excluding hydrogens is 669 g/mol. The summed E-state index contributed by atoms with van der Waals surface area (Å²) < 4.78 is 40.5. The van der Waals surface area contributed by atoms with E-state index in [2.05, 4.69) is 70.2 Å². The maximum absolute atomic E-state index is 12.9. The third kappa shape index (κ3) is 8.46. The molecule has 1 saturated heterocycles. The van der Waals surface area contributed by atoms with Crippen molar-refractivity contribution in [2.24, 2.45) is 0 Å². The fourth-order valence-electron chi connectivity index (χ4n) is 6.27. The Labute approximate surface area is 293 Å². The maximum atomic E-state index is 12.9. The third-order valence-electron chi connectivity index (χ3n) is 8.81. The summed E-state index contributed by atoms with van der Waals surface area (Å²) in [6.07, 6.45) is -3.21. The largest absolute Gasteiger partial charge is 0.416 e. The molecule has 2 aliphatic heterocycles. The molecule has 1 aromatic heterocycles. The first-order valence-corrected chi connectivity index (χ1v) is 17.6. The minimum atomic E-state index is -4.33. The molecule has 12 heteroatoms. The van der Waals surface area contributed by atoms with E-state index in [9.17, 15) is 18.0 Å². The van der Waals surface area contributed by atoms with Crippen LogP contribution in [0.4, 0.5) is 30.2 Å². The fourth-order valence-corrected chi connectivity index (χ4v) is 7.51. The molecule has 3 heterocycles. The van der Waals surface area contributed by atoms with E-state index in [-0.39, 0.29) is 5.69 Å². The van der Waals surface area contributed by atoms with Gasteiger partial charge in [-0.25, -0.2) is 4.79 Å². The molecule has 1 N–H and O–H groups in total. The molecule has 0 atom stereocenters. The molecule has 2 aliphatic rings. The monoisotopic (exact) mass is 708 g/mol. The topological polar surface area (TPSA) is 50.8 Å². The standard InChI is InChI=1S/C20H21F3N4O.C17H19ClN2S/c21-20(22,23)15-4-3-5-16(14-15)26-11-8-25(9-12-26)10-13-27-18-7-2-1-6-17(18)24-19(27)28;1-19(2)10-5-11-20-14-6-3-4-7-16(14)21-17-9-8-13(18)12-15(17)20/h1-7,14H,8-13H2,(H,24,28);3-4,6-9,12H,5,10-11H2,1-2H3. The molecule has 0 spiro atoms. The van der Waals surface area contributed by atoms with E-state index in [0.717, 1.165) is 61.3 Å². The minimum absolute atomic E-state index is 0.121. The number of aromatic amines is 1. The molecule has 0 radical (unpaired) electrons. The number of aromatic nitrogens is 2. The summed E-state index contributed by atoms with van der Waals surface area (Å²) in [7, 11) is 4.23. The Bertz CT molecular complexity index is 1940. The number of hydrogen-bond acceptors (Lipinski definition) is 6. The van der Waals surface area contributed by atoms with Crippen LogP contribution in [-0.4, -0.2) is 79.3 Å². The molecule has 49 heavy (non-hydrogen) atoms.